The van der Waals surface area contributed by atoms with Gasteiger partial charge in [0.25, 0.3) is 17.1 Å². The molecule has 1 aliphatic rings. The number of rotatable bonds is 5. The van der Waals surface area contributed by atoms with Crippen LogP contribution in [-0.2, 0) is 4.79 Å². The monoisotopic (exact) mass is 496 g/mol. The van der Waals surface area contributed by atoms with Crippen molar-refractivity contribution in [2.75, 3.05) is 13.1 Å². The van der Waals surface area contributed by atoms with E-state index in [1.807, 2.05) is 12.1 Å². The van der Waals surface area contributed by atoms with Crippen LogP contribution in [0, 0.1) is 9.39 Å². The molecule has 0 aromatic heterocycles. The van der Waals surface area contributed by atoms with Crippen molar-refractivity contribution in [2.24, 2.45) is 0 Å². The summed E-state index contributed by atoms with van der Waals surface area (Å²) >= 11 is 2.83. The van der Waals surface area contributed by atoms with Crippen LogP contribution in [-0.4, -0.2) is 35.0 Å². The quantitative estimate of drug-likeness (QED) is 0.504. The number of hydrogen-bond acceptors (Lipinski definition) is 4. The molecule has 0 saturated carbocycles. The Bertz CT molecular complexity index is 948. The van der Waals surface area contributed by atoms with E-state index in [1.54, 1.807) is 24.3 Å². The molecule has 0 unspecified atom stereocenters. The third kappa shape index (κ3) is 4.56. The molecule has 1 aliphatic heterocycles. The highest BCUT2D eigenvalue weighted by Gasteiger charge is 2.34. The molecule has 1 fully saturated rings. The molecule has 27 heavy (non-hydrogen) atoms. The fourth-order valence-corrected chi connectivity index (χ4v) is 3.94. The van der Waals surface area contributed by atoms with Crippen LogP contribution in [0.2, 0.25) is 0 Å². The second-order valence-corrected chi connectivity index (χ2v) is 7.75. The van der Waals surface area contributed by atoms with E-state index < -0.39 is 17.0 Å². The van der Waals surface area contributed by atoms with Crippen molar-refractivity contribution in [1.29, 1.82) is 0 Å². The van der Waals surface area contributed by atoms with Crippen molar-refractivity contribution in [1.82, 2.24) is 10.2 Å². The number of benzene rings is 2. The summed E-state index contributed by atoms with van der Waals surface area (Å²) in [4.78, 5) is 37.9. The van der Waals surface area contributed by atoms with E-state index in [0.717, 1.165) is 20.2 Å². The van der Waals surface area contributed by atoms with Crippen molar-refractivity contribution in [3.8, 4) is 0 Å². The minimum absolute atomic E-state index is 0.0500. The Kier molecular flexibility index (Phi) is 6.27. The van der Waals surface area contributed by atoms with Gasteiger partial charge in [-0.25, -0.2) is 4.39 Å². The zero-order chi connectivity index (χ0) is 19.4. The molecule has 0 aliphatic carbocycles. The highest BCUT2D eigenvalue weighted by Crippen LogP contribution is 2.32. The minimum Gasteiger partial charge on any atom is -0.350 e. The Balaban J connectivity index is 1.62. The van der Waals surface area contributed by atoms with Crippen LogP contribution < -0.4 is 5.32 Å². The maximum Gasteiger partial charge on any atom is 0.293 e. The van der Waals surface area contributed by atoms with Crippen LogP contribution in [0.25, 0.3) is 6.08 Å². The van der Waals surface area contributed by atoms with E-state index in [1.165, 1.54) is 18.2 Å². The highest BCUT2D eigenvalue weighted by atomic mass is 127. The lowest BCUT2D eigenvalue weighted by atomic mass is 10.2. The van der Waals surface area contributed by atoms with Crippen LogP contribution in [0.3, 0.4) is 0 Å². The van der Waals surface area contributed by atoms with Crippen LogP contribution in [0.5, 0.6) is 0 Å². The van der Waals surface area contributed by atoms with Gasteiger partial charge in [-0.1, -0.05) is 30.3 Å². The van der Waals surface area contributed by atoms with Crippen LogP contribution in [0.15, 0.2) is 53.4 Å². The Hall–Kier alpha value is -2.20. The van der Waals surface area contributed by atoms with E-state index in [0.29, 0.717) is 5.56 Å². The summed E-state index contributed by atoms with van der Waals surface area (Å²) in [5.74, 6) is -1.22. The number of carbonyl (C=O) groups is 3. The molecule has 0 spiro atoms. The molecule has 0 atom stereocenters. The first kappa shape index (κ1) is 19.6. The standard InChI is InChI=1S/C19H14FIN2O3S/c20-14-7-3-1-5-12(14)11-16-18(25)23(19(26)27-16)10-9-22-17(24)13-6-2-4-8-15(13)21/h1-8,11H,9-10H2,(H,22,24)/b16-11-. The zero-order valence-corrected chi connectivity index (χ0v) is 16.9. The third-order valence-corrected chi connectivity index (χ3v) is 5.65. The van der Waals surface area contributed by atoms with Crippen LogP contribution in [0.4, 0.5) is 9.18 Å². The predicted molar refractivity (Wildman–Crippen MR) is 111 cm³/mol. The molecule has 0 bridgehead atoms. The van der Waals surface area contributed by atoms with Gasteiger partial charge in [0.2, 0.25) is 0 Å². The number of nitrogens with zero attached hydrogens (tertiary/aromatic N) is 1. The van der Waals surface area contributed by atoms with Gasteiger partial charge < -0.3 is 5.32 Å². The van der Waals surface area contributed by atoms with Gasteiger partial charge in [-0.2, -0.15) is 0 Å². The topological polar surface area (TPSA) is 66.5 Å². The van der Waals surface area contributed by atoms with E-state index in [-0.39, 0.29) is 29.5 Å². The average molecular weight is 496 g/mol. The molecule has 138 valence electrons. The number of carbonyl (C=O) groups excluding carboxylic acids is 3. The highest BCUT2D eigenvalue weighted by molar-refractivity contribution is 14.1. The summed E-state index contributed by atoms with van der Waals surface area (Å²) in [6, 6.07) is 13.1. The number of thioether (sulfide) groups is 1. The fourth-order valence-electron chi connectivity index (χ4n) is 2.45. The predicted octanol–water partition coefficient (Wildman–Crippen LogP) is 3.90. The molecule has 1 heterocycles. The van der Waals surface area contributed by atoms with Gasteiger partial charge in [0, 0.05) is 22.2 Å². The summed E-state index contributed by atoms with van der Waals surface area (Å²) < 4.78 is 14.5. The average Bonchev–Trinajstić information content (AvgIpc) is 2.91. The van der Waals surface area contributed by atoms with Gasteiger partial charge >= 0.3 is 0 Å². The van der Waals surface area contributed by atoms with Crippen molar-refractivity contribution in [3.05, 3.63) is 74.0 Å². The fraction of sp³-hybridized carbons (Fsp3) is 0.105. The smallest absolute Gasteiger partial charge is 0.293 e. The minimum atomic E-state index is -0.489. The first-order chi connectivity index (χ1) is 13.0. The largest absolute Gasteiger partial charge is 0.350 e. The molecule has 1 N–H and O–H groups in total. The molecule has 1 saturated heterocycles. The summed E-state index contributed by atoms with van der Waals surface area (Å²) in [6.45, 7) is 0.184. The Morgan fingerprint density at radius 1 is 1.15 bits per heavy atom. The first-order valence-corrected chi connectivity index (χ1v) is 9.89. The SMILES string of the molecule is O=C(NCCN1C(=O)S/C(=C\c2ccccc2F)C1=O)c1ccccc1I. The second-order valence-electron chi connectivity index (χ2n) is 5.59. The number of imide groups is 1. The molecule has 2 aromatic carbocycles. The molecule has 0 radical (unpaired) electrons. The van der Waals surface area contributed by atoms with Crippen molar-refractivity contribution in [3.63, 3.8) is 0 Å². The molecular weight excluding hydrogens is 482 g/mol. The lowest BCUT2D eigenvalue weighted by Crippen LogP contribution is -2.37. The van der Waals surface area contributed by atoms with Crippen LogP contribution >= 0.6 is 34.4 Å². The van der Waals surface area contributed by atoms with Crippen molar-refractivity contribution in [2.45, 2.75) is 0 Å². The summed E-state index contributed by atoms with van der Waals surface area (Å²) in [7, 11) is 0. The molecule has 2 aromatic rings. The molecule has 8 heteroatoms. The maximum atomic E-state index is 13.7. The van der Waals surface area contributed by atoms with Gasteiger partial charge in [0.05, 0.1) is 10.5 Å². The number of amides is 3. The molecular formula is C19H14FIN2O3S. The first-order valence-electron chi connectivity index (χ1n) is 8.00. The summed E-state index contributed by atoms with van der Waals surface area (Å²) in [6.07, 6.45) is 1.37. The Morgan fingerprint density at radius 3 is 2.59 bits per heavy atom. The Labute approximate surface area is 173 Å². The van der Waals surface area contributed by atoms with Crippen molar-refractivity contribution < 1.29 is 18.8 Å². The Morgan fingerprint density at radius 2 is 1.85 bits per heavy atom. The zero-order valence-electron chi connectivity index (χ0n) is 13.9. The molecule has 3 rings (SSSR count). The summed E-state index contributed by atoms with van der Waals surface area (Å²) in [5.41, 5.74) is 0.779. The third-order valence-electron chi connectivity index (χ3n) is 3.80. The van der Waals surface area contributed by atoms with Crippen molar-refractivity contribution >= 4 is 57.5 Å². The molecule has 3 amide bonds. The van der Waals surface area contributed by atoms with E-state index in [9.17, 15) is 18.8 Å². The number of hydrogen-bond donors (Lipinski definition) is 1. The van der Waals surface area contributed by atoms with Gasteiger partial charge in [-0.05, 0) is 58.6 Å². The molecule has 5 nitrogen and oxygen atoms in total. The maximum absolute atomic E-state index is 13.7. The number of nitrogens with one attached hydrogen (secondary N) is 1. The van der Waals surface area contributed by atoms with Gasteiger partial charge in [-0.15, -0.1) is 0 Å². The normalized spacial score (nSPS) is 15.5. The number of halogens is 2. The summed E-state index contributed by atoms with van der Waals surface area (Å²) in [5, 5.41) is 2.26. The van der Waals surface area contributed by atoms with E-state index >= 15 is 0 Å². The van der Waals surface area contributed by atoms with Crippen LogP contribution in [0.1, 0.15) is 15.9 Å². The second kappa shape index (κ2) is 8.66. The van der Waals surface area contributed by atoms with Gasteiger partial charge in [0.15, 0.2) is 0 Å². The lowest BCUT2D eigenvalue weighted by Gasteiger charge is -2.13. The van der Waals surface area contributed by atoms with E-state index in [2.05, 4.69) is 27.9 Å². The lowest BCUT2D eigenvalue weighted by molar-refractivity contribution is -0.122. The van der Waals surface area contributed by atoms with E-state index in [4.69, 9.17) is 0 Å². The van der Waals surface area contributed by atoms with Gasteiger partial charge in [0.1, 0.15) is 5.82 Å². The van der Waals surface area contributed by atoms with Gasteiger partial charge in [-0.3, -0.25) is 19.3 Å².